The van der Waals surface area contributed by atoms with Crippen molar-refractivity contribution in [3.63, 3.8) is 0 Å². The van der Waals surface area contributed by atoms with E-state index in [1.165, 1.54) is 13.1 Å². The van der Waals surface area contributed by atoms with E-state index in [-0.39, 0.29) is 23.9 Å². The highest BCUT2D eigenvalue weighted by molar-refractivity contribution is 7.89. The topological polar surface area (TPSA) is 117 Å². The van der Waals surface area contributed by atoms with Crippen LogP contribution < -0.4 is 15.8 Å². The van der Waals surface area contributed by atoms with Gasteiger partial charge >= 0.3 is 0 Å². The van der Waals surface area contributed by atoms with Crippen molar-refractivity contribution in [1.29, 1.82) is 0 Å². The van der Waals surface area contributed by atoms with Crippen molar-refractivity contribution < 1.29 is 13.2 Å². The number of H-pyrrole nitrogens is 1. The molecule has 0 saturated heterocycles. The highest BCUT2D eigenvalue weighted by Gasteiger charge is 2.18. The summed E-state index contributed by atoms with van der Waals surface area (Å²) < 4.78 is 26.8. The Bertz CT molecular complexity index is 736. The highest BCUT2D eigenvalue weighted by Crippen LogP contribution is 2.24. The van der Waals surface area contributed by atoms with Crippen LogP contribution in [-0.2, 0) is 14.8 Å². The van der Waals surface area contributed by atoms with Crippen LogP contribution in [0.5, 0.6) is 0 Å². The largest absolute Gasteiger partial charge is 0.399 e. The van der Waals surface area contributed by atoms with Gasteiger partial charge in [0.05, 0.1) is 0 Å². The van der Waals surface area contributed by atoms with Gasteiger partial charge in [-0.15, -0.1) is 0 Å². The smallest absolute Gasteiger partial charge is 0.242 e. The van der Waals surface area contributed by atoms with Gasteiger partial charge in [0.25, 0.3) is 0 Å². The third kappa shape index (κ3) is 3.09. The summed E-state index contributed by atoms with van der Waals surface area (Å²) in [6.45, 7) is 1.74. The summed E-state index contributed by atoms with van der Waals surface area (Å²) in [7, 11) is -3.63. The third-order valence-corrected chi connectivity index (χ3v) is 4.25. The summed E-state index contributed by atoms with van der Waals surface area (Å²) >= 11 is 0. The molecule has 108 valence electrons. The number of rotatable bonds is 5. The van der Waals surface area contributed by atoms with Gasteiger partial charge in [-0.25, -0.2) is 13.1 Å². The molecule has 2 rings (SSSR count). The van der Waals surface area contributed by atoms with Gasteiger partial charge in [-0.3, -0.25) is 4.79 Å². The van der Waals surface area contributed by atoms with E-state index >= 15 is 0 Å². The fourth-order valence-electron chi connectivity index (χ4n) is 1.84. The molecule has 0 atom stereocenters. The van der Waals surface area contributed by atoms with Crippen molar-refractivity contribution in [2.24, 2.45) is 0 Å². The molecule has 1 aromatic carbocycles. The van der Waals surface area contributed by atoms with E-state index in [4.69, 9.17) is 5.73 Å². The summed E-state index contributed by atoms with van der Waals surface area (Å²) in [4.78, 5) is 13.7. The number of benzene rings is 1. The van der Waals surface area contributed by atoms with Crippen LogP contribution in [0.4, 0.5) is 5.69 Å². The minimum absolute atomic E-state index is 0.129. The lowest BCUT2D eigenvalue weighted by Crippen LogP contribution is -2.33. The Morgan fingerprint density at radius 2 is 2.10 bits per heavy atom. The van der Waals surface area contributed by atoms with Gasteiger partial charge in [0, 0.05) is 42.8 Å². The number of fused-ring (bicyclic) bond motifs is 1. The van der Waals surface area contributed by atoms with Crippen molar-refractivity contribution in [1.82, 2.24) is 15.0 Å². The number of anilines is 1. The molecule has 0 aliphatic rings. The fraction of sp³-hybridized carbons (Fsp3) is 0.250. The van der Waals surface area contributed by atoms with Crippen LogP contribution >= 0.6 is 0 Å². The Kier molecular flexibility index (Phi) is 3.96. The number of hydrogen-bond donors (Lipinski definition) is 4. The number of amides is 1. The summed E-state index contributed by atoms with van der Waals surface area (Å²) in [5, 5.41) is 3.09. The van der Waals surface area contributed by atoms with Crippen LogP contribution in [0.3, 0.4) is 0 Å². The molecule has 2 aromatic rings. The van der Waals surface area contributed by atoms with E-state index in [9.17, 15) is 13.2 Å². The number of aromatic amines is 1. The molecule has 0 fully saturated rings. The number of hydrogen-bond acceptors (Lipinski definition) is 4. The van der Waals surface area contributed by atoms with E-state index in [0.29, 0.717) is 16.6 Å². The molecule has 0 spiro atoms. The van der Waals surface area contributed by atoms with Gasteiger partial charge in [0.2, 0.25) is 15.9 Å². The molecule has 1 amide bonds. The number of nitrogens with two attached hydrogens (primary N) is 1. The van der Waals surface area contributed by atoms with Crippen LogP contribution in [0.25, 0.3) is 10.9 Å². The molecule has 0 saturated carbocycles. The van der Waals surface area contributed by atoms with Crippen LogP contribution in [0.15, 0.2) is 29.3 Å². The molecule has 0 aliphatic carbocycles. The molecule has 20 heavy (non-hydrogen) atoms. The van der Waals surface area contributed by atoms with Gasteiger partial charge in [-0.2, -0.15) is 0 Å². The summed E-state index contributed by atoms with van der Waals surface area (Å²) in [5.41, 5.74) is 6.86. The Labute approximate surface area is 116 Å². The molecule has 0 aliphatic heterocycles. The molecule has 0 bridgehead atoms. The molecule has 0 radical (unpaired) electrons. The summed E-state index contributed by atoms with van der Waals surface area (Å²) in [5.74, 6) is -0.202. The second-order valence-corrected chi connectivity index (χ2v) is 6.07. The normalized spacial score (nSPS) is 11.7. The van der Waals surface area contributed by atoms with E-state index in [0.717, 1.165) is 0 Å². The van der Waals surface area contributed by atoms with Gasteiger partial charge < -0.3 is 16.0 Å². The number of sulfonamides is 1. The zero-order chi connectivity index (χ0) is 14.8. The van der Waals surface area contributed by atoms with Gasteiger partial charge in [0.15, 0.2) is 0 Å². The predicted molar refractivity (Wildman–Crippen MR) is 76.6 cm³/mol. The summed E-state index contributed by atoms with van der Waals surface area (Å²) in [6.07, 6.45) is 1.42. The average Bonchev–Trinajstić information content (AvgIpc) is 2.78. The Balaban J connectivity index is 2.17. The predicted octanol–water partition coefficient (Wildman–Crippen LogP) is 0.165. The number of aromatic nitrogens is 1. The number of carbonyl (C=O) groups excluding carboxylic acids is 1. The first-order valence-electron chi connectivity index (χ1n) is 6.01. The maximum Gasteiger partial charge on any atom is 0.242 e. The van der Waals surface area contributed by atoms with Gasteiger partial charge in [0.1, 0.15) is 4.90 Å². The third-order valence-electron chi connectivity index (χ3n) is 2.75. The summed E-state index contributed by atoms with van der Waals surface area (Å²) in [6, 6.07) is 4.97. The quantitative estimate of drug-likeness (QED) is 0.464. The molecule has 0 unspecified atom stereocenters. The van der Waals surface area contributed by atoms with E-state index in [2.05, 4.69) is 15.0 Å². The van der Waals surface area contributed by atoms with E-state index in [1.54, 1.807) is 18.2 Å². The Hall–Kier alpha value is -2.06. The zero-order valence-corrected chi connectivity index (χ0v) is 11.8. The maximum absolute atomic E-state index is 12.2. The van der Waals surface area contributed by atoms with E-state index in [1.807, 2.05) is 0 Å². The molecular formula is C12H16N4O3S. The van der Waals surface area contributed by atoms with Crippen LogP contribution in [-0.4, -0.2) is 32.4 Å². The lowest BCUT2D eigenvalue weighted by Gasteiger charge is -2.06. The van der Waals surface area contributed by atoms with Crippen molar-refractivity contribution in [2.45, 2.75) is 11.8 Å². The molecule has 1 aromatic heterocycles. The molecule has 7 nitrogen and oxygen atoms in total. The molecule has 5 N–H and O–H groups in total. The second-order valence-electron chi connectivity index (χ2n) is 4.34. The minimum atomic E-state index is -3.63. The fourth-order valence-corrected chi connectivity index (χ4v) is 3.05. The Morgan fingerprint density at radius 3 is 2.80 bits per heavy atom. The van der Waals surface area contributed by atoms with Gasteiger partial charge in [-0.1, -0.05) is 0 Å². The van der Waals surface area contributed by atoms with Crippen molar-refractivity contribution >= 4 is 32.5 Å². The van der Waals surface area contributed by atoms with Crippen LogP contribution in [0.2, 0.25) is 0 Å². The molecule has 8 heteroatoms. The standard InChI is InChI=1S/C12H16N4O3S/c1-8(17)14-4-5-16-20(18,19)12-7-15-11-6-9(13)2-3-10(11)12/h2-3,6-7,15-16H,4-5,13H2,1H3,(H,14,17). The lowest BCUT2D eigenvalue weighted by atomic mass is 10.2. The Morgan fingerprint density at radius 1 is 1.35 bits per heavy atom. The second kappa shape index (κ2) is 5.51. The van der Waals surface area contributed by atoms with Crippen LogP contribution in [0, 0.1) is 0 Å². The lowest BCUT2D eigenvalue weighted by molar-refractivity contribution is -0.118. The van der Waals surface area contributed by atoms with Crippen molar-refractivity contribution in [2.75, 3.05) is 18.8 Å². The van der Waals surface area contributed by atoms with Crippen LogP contribution in [0.1, 0.15) is 6.92 Å². The first kappa shape index (κ1) is 14.4. The SMILES string of the molecule is CC(=O)NCCNS(=O)(=O)c1c[nH]c2cc(N)ccc12. The molecular weight excluding hydrogens is 280 g/mol. The first-order valence-corrected chi connectivity index (χ1v) is 7.49. The van der Waals surface area contributed by atoms with Gasteiger partial charge in [-0.05, 0) is 18.2 Å². The maximum atomic E-state index is 12.2. The number of carbonyl (C=O) groups is 1. The first-order chi connectivity index (χ1) is 9.40. The van der Waals surface area contributed by atoms with E-state index < -0.39 is 10.0 Å². The molecule has 1 heterocycles. The monoisotopic (exact) mass is 296 g/mol. The average molecular weight is 296 g/mol. The minimum Gasteiger partial charge on any atom is -0.399 e. The highest BCUT2D eigenvalue weighted by atomic mass is 32.2. The number of nitrogens with one attached hydrogen (secondary N) is 3. The number of nitrogen functional groups attached to an aromatic ring is 1. The van der Waals surface area contributed by atoms with Crippen molar-refractivity contribution in [3.05, 3.63) is 24.4 Å². The zero-order valence-electron chi connectivity index (χ0n) is 10.9. The van der Waals surface area contributed by atoms with Crippen molar-refractivity contribution in [3.8, 4) is 0 Å².